The lowest BCUT2D eigenvalue weighted by molar-refractivity contribution is 0.00578. The molecule has 1 aliphatic heterocycles. The van der Waals surface area contributed by atoms with Crippen molar-refractivity contribution < 1.29 is 18.8 Å². The minimum Gasteiger partial charge on any atom is -0.497 e. The molecule has 22 heavy (non-hydrogen) atoms. The van der Waals surface area contributed by atoms with Gasteiger partial charge in [0.15, 0.2) is 0 Å². The maximum absolute atomic E-state index is 6.14. The first-order chi connectivity index (χ1) is 10.3. The van der Waals surface area contributed by atoms with E-state index in [0.717, 1.165) is 29.8 Å². The number of methoxy groups -OCH3 is 1. The first-order valence-corrected chi connectivity index (χ1v) is 7.97. The molecule has 1 aromatic carbocycles. The van der Waals surface area contributed by atoms with Crippen LogP contribution in [0.25, 0.3) is 0 Å². The zero-order valence-corrected chi connectivity index (χ0v) is 14.6. The Kier molecular flexibility index (Phi) is 5.08. The van der Waals surface area contributed by atoms with Crippen LogP contribution >= 0.6 is 0 Å². The molecule has 0 bridgehead atoms. The van der Waals surface area contributed by atoms with Gasteiger partial charge in [-0.2, -0.15) is 0 Å². The van der Waals surface area contributed by atoms with Gasteiger partial charge in [0.05, 0.1) is 24.9 Å². The van der Waals surface area contributed by atoms with Gasteiger partial charge in [-0.25, -0.2) is 0 Å². The molecule has 0 amide bonds. The number of benzene rings is 1. The van der Waals surface area contributed by atoms with Crippen molar-refractivity contribution in [1.29, 1.82) is 0 Å². The summed E-state index contributed by atoms with van der Waals surface area (Å²) in [6.45, 7) is 11.0. The van der Waals surface area contributed by atoms with E-state index in [9.17, 15) is 0 Å². The summed E-state index contributed by atoms with van der Waals surface area (Å²) in [5.41, 5.74) is 0.136. The molecular weight excluding hydrogens is 279 g/mol. The van der Waals surface area contributed by atoms with Gasteiger partial charge in [-0.15, -0.1) is 0 Å². The second kappa shape index (κ2) is 6.51. The van der Waals surface area contributed by atoms with Gasteiger partial charge in [0.2, 0.25) is 0 Å². The van der Waals surface area contributed by atoms with Gasteiger partial charge >= 0.3 is 7.12 Å². The highest BCUT2D eigenvalue weighted by Crippen LogP contribution is 2.37. The van der Waals surface area contributed by atoms with Crippen molar-refractivity contribution in [2.24, 2.45) is 0 Å². The Morgan fingerprint density at radius 1 is 1.09 bits per heavy atom. The zero-order valence-electron chi connectivity index (χ0n) is 14.6. The summed E-state index contributed by atoms with van der Waals surface area (Å²) >= 11 is 0. The highest BCUT2D eigenvalue weighted by molar-refractivity contribution is 6.63. The van der Waals surface area contributed by atoms with Gasteiger partial charge in [0.1, 0.15) is 11.5 Å². The maximum atomic E-state index is 6.14. The molecule has 0 saturated carbocycles. The van der Waals surface area contributed by atoms with E-state index in [2.05, 4.69) is 6.92 Å². The summed E-state index contributed by atoms with van der Waals surface area (Å²) in [5, 5.41) is 0. The first-order valence-electron chi connectivity index (χ1n) is 7.97. The van der Waals surface area contributed by atoms with Crippen molar-refractivity contribution in [2.45, 2.75) is 58.7 Å². The molecule has 0 spiro atoms. The minimum atomic E-state index is -0.447. The smallest absolute Gasteiger partial charge is 0.497 e. The third-order valence-electron chi connectivity index (χ3n) is 4.48. The van der Waals surface area contributed by atoms with Crippen molar-refractivity contribution in [2.75, 3.05) is 13.7 Å². The molecule has 0 N–H and O–H groups in total. The molecule has 5 heteroatoms. The number of ether oxygens (including phenoxy) is 2. The van der Waals surface area contributed by atoms with Gasteiger partial charge in [-0.3, -0.25) is 0 Å². The van der Waals surface area contributed by atoms with Gasteiger partial charge in [0, 0.05) is 5.46 Å². The van der Waals surface area contributed by atoms with Crippen molar-refractivity contribution in [3.63, 3.8) is 0 Å². The molecule has 0 aliphatic carbocycles. The standard InChI is InChI=1S/C17H27BO4/c1-7-8-11-20-15-10-9-13(19-6)12-14(15)18-21-16(2,3)17(4,5)22-18/h9-10,12H,7-8,11H2,1-6H3. The average Bonchev–Trinajstić information content (AvgIpc) is 2.68. The van der Waals surface area contributed by atoms with E-state index < -0.39 is 7.12 Å². The Bertz CT molecular complexity index is 497. The van der Waals surface area contributed by atoms with Crippen LogP contribution in [0, 0.1) is 0 Å². The molecule has 4 nitrogen and oxygen atoms in total. The van der Waals surface area contributed by atoms with E-state index in [-0.39, 0.29) is 11.2 Å². The fourth-order valence-corrected chi connectivity index (χ4v) is 2.27. The quantitative estimate of drug-likeness (QED) is 0.597. The van der Waals surface area contributed by atoms with Crippen LogP contribution in [0.15, 0.2) is 18.2 Å². The molecule has 1 heterocycles. The van der Waals surface area contributed by atoms with Crippen LogP contribution in [0.1, 0.15) is 47.5 Å². The molecule has 0 radical (unpaired) electrons. The SMILES string of the molecule is CCCCOc1ccc(OC)cc1B1OC(C)(C)C(C)(C)O1. The number of unbranched alkanes of at least 4 members (excludes halogenated alkanes) is 1. The number of rotatable bonds is 6. The summed E-state index contributed by atoms with van der Waals surface area (Å²) in [7, 11) is 1.21. The third kappa shape index (κ3) is 3.41. The Balaban J connectivity index is 2.28. The highest BCUT2D eigenvalue weighted by atomic mass is 16.7. The van der Waals surface area contributed by atoms with E-state index >= 15 is 0 Å². The van der Waals surface area contributed by atoms with Gasteiger partial charge < -0.3 is 18.8 Å². The van der Waals surface area contributed by atoms with E-state index in [1.807, 2.05) is 45.9 Å². The minimum absolute atomic E-state index is 0.374. The van der Waals surface area contributed by atoms with Crippen molar-refractivity contribution in [3.8, 4) is 11.5 Å². The van der Waals surface area contributed by atoms with Crippen LogP contribution in [0.4, 0.5) is 0 Å². The number of hydrogen-bond donors (Lipinski definition) is 0. The zero-order chi connectivity index (χ0) is 16.4. The molecule has 122 valence electrons. The molecule has 0 aromatic heterocycles. The van der Waals surface area contributed by atoms with Crippen LogP contribution in [0.2, 0.25) is 0 Å². The molecule has 0 atom stereocenters. The predicted octanol–water partition coefficient (Wildman–Crippen LogP) is 3.17. The van der Waals surface area contributed by atoms with Crippen molar-refractivity contribution in [3.05, 3.63) is 18.2 Å². The number of hydrogen-bond acceptors (Lipinski definition) is 4. The van der Waals surface area contributed by atoms with E-state index in [1.165, 1.54) is 0 Å². The second-order valence-corrected chi connectivity index (χ2v) is 6.69. The lowest BCUT2D eigenvalue weighted by Gasteiger charge is -2.32. The molecule has 1 aromatic rings. The summed E-state index contributed by atoms with van der Waals surface area (Å²) in [5.74, 6) is 1.57. The molecule has 0 unspecified atom stereocenters. The summed E-state index contributed by atoms with van der Waals surface area (Å²) in [6, 6.07) is 5.76. The van der Waals surface area contributed by atoms with Crippen LogP contribution < -0.4 is 14.9 Å². The predicted molar refractivity (Wildman–Crippen MR) is 89.1 cm³/mol. The summed E-state index contributed by atoms with van der Waals surface area (Å²) in [4.78, 5) is 0. The fraction of sp³-hybridized carbons (Fsp3) is 0.647. The van der Waals surface area contributed by atoms with Crippen LogP contribution in [-0.2, 0) is 9.31 Å². The van der Waals surface area contributed by atoms with Gasteiger partial charge in [0.25, 0.3) is 0 Å². The van der Waals surface area contributed by atoms with E-state index in [4.69, 9.17) is 18.8 Å². The molecule has 2 rings (SSSR count). The fourth-order valence-electron chi connectivity index (χ4n) is 2.27. The largest absolute Gasteiger partial charge is 0.498 e. The maximum Gasteiger partial charge on any atom is 0.498 e. The normalized spacial score (nSPS) is 19.3. The van der Waals surface area contributed by atoms with E-state index in [0.29, 0.717) is 6.61 Å². The monoisotopic (exact) mass is 306 g/mol. The summed E-state index contributed by atoms with van der Waals surface area (Å²) < 4.78 is 23.5. The molecular formula is C17H27BO4. The first kappa shape index (κ1) is 17.2. The lowest BCUT2D eigenvalue weighted by Crippen LogP contribution is -2.41. The Morgan fingerprint density at radius 3 is 2.27 bits per heavy atom. The topological polar surface area (TPSA) is 36.9 Å². The molecule has 1 saturated heterocycles. The van der Waals surface area contributed by atoms with E-state index in [1.54, 1.807) is 7.11 Å². The van der Waals surface area contributed by atoms with Gasteiger partial charge in [-0.05, 0) is 52.3 Å². The highest BCUT2D eigenvalue weighted by Gasteiger charge is 2.52. The van der Waals surface area contributed by atoms with Crippen molar-refractivity contribution in [1.82, 2.24) is 0 Å². The molecule has 1 aliphatic rings. The second-order valence-electron chi connectivity index (χ2n) is 6.69. The van der Waals surface area contributed by atoms with Gasteiger partial charge in [-0.1, -0.05) is 13.3 Å². The Morgan fingerprint density at radius 2 is 1.73 bits per heavy atom. The average molecular weight is 306 g/mol. The Labute approximate surface area is 134 Å². The molecule has 1 fully saturated rings. The van der Waals surface area contributed by atoms with Crippen LogP contribution in [-0.4, -0.2) is 32.0 Å². The van der Waals surface area contributed by atoms with Crippen LogP contribution in [0.3, 0.4) is 0 Å². The van der Waals surface area contributed by atoms with Crippen molar-refractivity contribution >= 4 is 12.6 Å². The summed E-state index contributed by atoms with van der Waals surface area (Å²) in [6.07, 6.45) is 2.12. The third-order valence-corrected chi connectivity index (χ3v) is 4.48. The van der Waals surface area contributed by atoms with Crippen LogP contribution in [0.5, 0.6) is 11.5 Å². The lowest BCUT2D eigenvalue weighted by atomic mass is 9.78. The Hall–Kier alpha value is -1.20.